The van der Waals surface area contributed by atoms with Gasteiger partial charge in [0.05, 0.1) is 5.56 Å². The molecule has 0 atom stereocenters. The van der Waals surface area contributed by atoms with Crippen LogP contribution in [0.5, 0.6) is 0 Å². The van der Waals surface area contributed by atoms with Crippen molar-refractivity contribution in [2.75, 3.05) is 5.32 Å². The van der Waals surface area contributed by atoms with E-state index in [2.05, 4.69) is 10.4 Å². The normalized spacial score (nSPS) is 14.3. The molecule has 2 aromatic rings. The van der Waals surface area contributed by atoms with Crippen molar-refractivity contribution in [3.8, 4) is 0 Å². The SMILES string of the molecule is Cn1ccc(NC(=O)c2csc3c2CCCC3)n1. The molecule has 0 fully saturated rings. The smallest absolute Gasteiger partial charge is 0.257 e. The lowest BCUT2D eigenvalue weighted by atomic mass is 9.96. The van der Waals surface area contributed by atoms with E-state index in [0.717, 1.165) is 18.4 Å². The zero-order chi connectivity index (χ0) is 12.5. The van der Waals surface area contributed by atoms with Crippen LogP contribution in [0.25, 0.3) is 0 Å². The van der Waals surface area contributed by atoms with Crippen LogP contribution < -0.4 is 5.32 Å². The second-order valence-electron chi connectivity index (χ2n) is 4.59. The first-order valence-corrected chi connectivity index (χ1v) is 7.02. The zero-order valence-corrected chi connectivity index (χ0v) is 11.1. The summed E-state index contributed by atoms with van der Waals surface area (Å²) < 4.78 is 1.68. The molecule has 0 radical (unpaired) electrons. The Balaban J connectivity index is 1.82. The Kier molecular flexibility index (Phi) is 2.91. The van der Waals surface area contributed by atoms with Crippen LogP contribution in [0.3, 0.4) is 0 Å². The highest BCUT2D eigenvalue weighted by Crippen LogP contribution is 2.30. The van der Waals surface area contributed by atoms with Gasteiger partial charge in [-0.3, -0.25) is 9.48 Å². The number of nitrogens with zero attached hydrogens (tertiary/aromatic N) is 2. The van der Waals surface area contributed by atoms with Gasteiger partial charge in [-0.1, -0.05) is 0 Å². The van der Waals surface area contributed by atoms with Gasteiger partial charge in [-0.25, -0.2) is 0 Å². The first-order chi connectivity index (χ1) is 8.74. The van der Waals surface area contributed by atoms with E-state index in [1.807, 2.05) is 18.6 Å². The lowest BCUT2D eigenvalue weighted by Gasteiger charge is -2.12. The van der Waals surface area contributed by atoms with Gasteiger partial charge in [0, 0.05) is 29.6 Å². The van der Waals surface area contributed by atoms with Crippen LogP contribution in [0.15, 0.2) is 17.6 Å². The molecule has 0 aliphatic heterocycles. The Bertz CT molecular complexity index is 585. The minimum absolute atomic E-state index is 0.0342. The van der Waals surface area contributed by atoms with Crippen molar-refractivity contribution in [3.63, 3.8) is 0 Å². The van der Waals surface area contributed by atoms with Gasteiger partial charge >= 0.3 is 0 Å². The molecule has 0 unspecified atom stereocenters. The molecule has 2 heterocycles. The van der Waals surface area contributed by atoms with Gasteiger partial charge in [0.2, 0.25) is 0 Å². The second kappa shape index (κ2) is 4.57. The lowest BCUT2D eigenvalue weighted by Crippen LogP contribution is -2.15. The van der Waals surface area contributed by atoms with Gasteiger partial charge in [0.15, 0.2) is 5.82 Å². The molecule has 0 saturated carbocycles. The number of hydrogen-bond acceptors (Lipinski definition) is 3. The number of thiophene rings is 1. The number of fused-ring (bicyclic) bond motifs is 1. The Morgan fingerprint density at radius 1 is 1.44 bits per heavy atom. The predicted molar refractivity (Wildman–Crippen MR) is 72.1 cm³/mol. The van der Waals surface area contributed by atoms with Gasteiger partial charge in [-0.05, 0) is 31.2 Å². The van der Waals surface area contributed by atoms with Crippen molar-refractivity contribution in [1.29, 1.82) is 0 Å². The molecule has 2 aromatic heterocycles. The number of nitrogens with one attached hydrogen (secondary N) is 1. The molecule has 3 rings (SSSR count). The fourth-order valence-corrected chi connectivity index (χ4v) is 3.48. The van der Waals surface area contributed by atoms with Crippen LogP contribution in [-0.2, 0) is 19.9 Å². The number of hydrogen-bond donors (Lipinski definition) is 1. The number of anilines is 1. The van der Waals surface area contributed by atoms with Crippen molar-refractivity contribution < 1.29 is 4.79 Å². The third-order valence-electron chi connectivity index (χ3n) is 3.26. The summed E-state index contributed by atoms with van der Waals surface area (Å²) in [6.45, 7) is 0. The third kappa shape index (κ3) is 2.06. The van der Waals surface area contributed by atoms with E-state index in [1.54, 1.807) is 22.1 Å². The summed E-state index contributed by atoms with van der Waals surface area (Å²) in [5, 5.41) is 8.99. The molecule has 0 bridgehead atoms. The highest BCUT2D eigenvalue weighted by atomic mass is 32.1. The quantitative estimate of drug-likeness (QED) is 0.903. The van der Waals surface area contributed by atoms with Crippen LogP contribution in [0.4, 0.5) is 5.82 Å². The van der Waals surface area contributed by atoms with Crippen LogP contribution in [-0.4, -0.2) is 15.7 Å². The lowest BCUT2D eigenvalue weighted by molar-refractivity contribution is 0.102. The summed E-state index contributed by atoms with van der Waals surface area (Å²) in [6, 6.07) is 1.80. The van der Waals surface area contributed by atoms with Gasteiger partial charge in [0.25, 0.3) is 5.91 Å². The molecule has 4 nitrogen and oxygen atoms in total. The number of aryl methyl sites for hydroxylation is 2. The van der Waals surface area contributed by atoms with Crippen LogP contribution in [0.2, 0.25) is 0 Å². The molecule has 5 heteroatoms. The third-order valence-corrected chi connectivity index (χ3v) is 4.35. The molecule has 1 amide bonds. The molecular weight excluding hydrogens is 246 g/mol. The Labute approximate surface area is 110 Å². The summed E-state index contributed by atoms with van der Waals surface area (Å²) in [7, 11) is 1.84. The molecular formula is C13H15N3OS. The first-order valence-electron chi connectivity index (χ1n) is 6.14. The summed E-state index contributed by atoms with van der Waals surface area (Å²) in [5.41, 5.74) is 2.08. The average molecular weight is 261 g/mol. The number of carbonyl (C=O) groups excluding carboxylic acids is 1. The largest absolute Gasteiger partial charge is 0.305 e. The highest BCUT2D eigenvalue weighted by Gasteiger charge is 2.20. The molecule has 1 aliphatic carbocycles. The number of carbonyl (C=O) groups is 1. The fraction of sp³-hybridized carbons (Fsp3) is 0.385. The molecule has 0 aromatic carbocycles. The predicted octanol–water partition coefficient (Wildman–Crippen LogP) is 2.61. The maximum absolute atomic E-state index is 12.2. The molecule has 0 saturated heterocycles. The van der Waals surface area contributed by atoms with E-state index in [1.165, 1.54) is 23.3 Å². The van der Waals surface area contributed by atoms with Gasteiger partial charge in [-0.2, -0.15) is 5.10 Å². The topological polar surface area (TPSA) is 46.9 Å². The maximum atomic E-state index is 12.2. The Morgan fingerprint density at radius 3 is 3.06 bits per heavy atom. The molecule has 0 spiro atoms. The number of rotatable bonds is 2. The minimum Gasteiger partial charge on any atom is -0.305 e. The second-order valence-corrected chi connectivity index (χ2v) is 5.55. The highest BCUT2D eigenvalue weighted by molar-refractivity contribution is 7.10. The van der Waals surface area contributed by atoms with Crippen LogP contribution in [0.1, 0.15) is 33.6 Å². The summed E-state index contributed by atoms with van der Waals surface area (Å²) >= 11 is 1.71. The van der Waals surface area contributed by atoms with E-state index in [9.17, 15) is 4.79 Å². The van der Waals surface area contributed by atoms with E-state index in [-0.39, 0.29) is 5.91 Å². The van der Waals surface area contributed by atoms with E-state index < -0.39 is 0 Å². The van der Waals surface area contributed by atoms with Crippen molar-refractivity contribution in [2.45, 2.75) is 25.7 Å². The molecule has 1 aliphatic rings. The van der Waals surface area contributed by atoms with Crippen LogP contribution in [0, 0.1) is 0 Å². The Hall–Kier alpha value is -1.62. The molecule has 1 N–H and O–H groups in total. The van der Waals surface area contributed by atoms with Crippen molar-refractivity contribution in [2.24, 2.45) is 7.05 Å². The summed E-state index contributed by atoms with van der Waals surface area (Å²) in [4.78, 5) is 13.6. The molecule has 94 valence electrons. The average Bonchev–Trinajstić information content (AvgIpc) is 2.95. The van der Waals surface area contributed by atoms with Crippen molar-refractivity contribution in [1.82, 2.24) is 9.78 Å². The van der Waals surface area contributed by atoms with Crippen LogP contribution >= 0.6 is 11.3 Å². The zero-order valence-electron chi connectivity index (χ0n) is 10.3. The van der Waals surface area contributed by atoms with Gasteiger partial charge in [-0.15, -0.1) is 11.3 Å². The van der Waals surface area contributed by atoms with Crippen molar-refractivity contribution >= 4 is 23.1 Å². The fourth-order valence-electron chi connectivity index (χ4n) is 2.35. The van der Waals surface area contributed by atoms with Crippen molar-refractivity contribution in [3.05, 3.63) is 33.6 Å². The van der Waals surface area contributed by atoms with Gasteiger partial charge in [0.1, 0.15) is 0 Å². The van der Waals surface area contributed by atoms with E-state index in [4.69, 9.17) is 0 Å². The molecule has 18 heavy (non-hydrogen) atoms. The standard InChI is InChI=1S/C13H15N3OS/c1-16-7-6-12(15-16)14-13(17)10-8-18-11-5-3-2-4-9(10)11/h6-8H,2-5H2,1H3,(H,14,15,17). The van der Waals surface area contributed by atoms with E-state index in [0.29, 0.717) is 5.82 Å². The van der Waals surface area contributed by atoms with E-state index >= 15 is 0 Å². The Morgan fingerprint density at radius 2 is 2.28 bits per heavy atom. The summed E-state index contributed by atoms with van der Waals surface area (Å²) in [6.07, 6.45) is 6.40. The monoisotopic (exact) mass is 261 g/mol. The first kappa shape index (κ1) is 11.5. The summed E-state index contributed by atoms with van der Waals surface area (Å²) in [5.74, 6) is 0.575. The number of aromatic nitrogens is 2. The minimum atomic E-state index is -0.0342. The van der Waals surface area contributed by atoms with Gasteiger partial charge < -0.3 is 5.32 Å². The number of amides is 1. The maximum Gasteiger partial charge on any atom is 0.257 e.